The molecule has 0 radical (unpaired) electrons. The Bertz CT molecular complexity index is 620. The highest BCUT2D eigenvalue weighted by molar-refractivity contribution is 5.85. The van der Waals surface area contributed by atoms with Crippen molar-refractivity contribution < 1.29 is 23.4 Å². The molecule has 1 aliphatic carbocycles. The van der Waals surface area contributed by atoms with Gasteiger partial charge in [-0.3, -0.25) is 9.69 Å². The first-order chi connectivity index (χ1) is 12.0. The number of carbonyl (C=O) groups is 1. The molecule has 1 aromatic rings. The van der Waals surface area contributed by atoms with Gasteiger partial charge in [0.15, 0.2) is 17.4 Å². The summed E-state index contributed by atoms with van der Waals surface area (Å²) in [5.74, 6) is -0.965. The van der Waals surface area contributed by atoms with Crippen molar-refractivity contribution >= 4 is 18.3 Å². The van der Waals surface area contributed by atoms with Crippen LogP contribution in [0.3, 0.4) is 0 Å². The Labute approximate surface area is 158 Å². The van der Waals surface area contributed by atoms with Gasteiger partial charge in [0.2, 0.25) is 5.91 Å². The normalized spacial score (nSPS) is 22.8. The molecule has 146 valence electrons. The third kappa shape index (κ3) is 4.84. The smallest absolute Gasteiger partial charge is 0.222 e. The summed E-state index contributed by atoms with van der Waals surface area (Å²) in [7, 11) is 1.24. The van der Waals surface area contributed by atoms with E-state index in [2.05, 4.69) is 10.2 Å². The maximum Gasteiger partial charge on any atom is 0.222 e. The van der Waals surface area contributed by atoms with Crippen LogP contribution in [0.4, 0.5) is 8.78 Å². The van der Waals surface area contributed by atoms with E-state index in [0.29, 0.717) is 30.5 Å². The fourth-order valence-electron chi connectivity index (χ4n) is 3.73. The minimum Gasteiger partial charge on any atom is -0.491 e. The Hall–Kier alpha value is -1.44. The van der Waals surface area contributed by atoms with E-state index >= 15 is 0 Å². The number of rotatable bonds is 7. The number of aliphatic hydroxyl groups excluding tert-OH is 1. The number of nitrogens with one attached hydrogen (secondary N) is 1. The van der Waals surface area contributed by atoms with E-state index in [-0.39, 0.29) is 43.1 Å². The molecule has 1 heterocycles. The molecule has 2 N–H and O–H groups in total. The first-order valence-corrected chi connectivity index (χ1v) is 8.66. The number of benzene rings is 1. The standard InChI is InChI=1S/C18H24F2N2O3.ClH/c1-25-18-14(19)6-11(7-15(18)20)8-22-9-13(12-2-3-12)16(10-22)21-17(24)4-5-23;/h6-7,12-13,16,23H,2-5,8-10H2,1H3,(H,21,24);1H/t13-,16+;/m1./s1. The number of ether oxygens (including phenoxy) is 1. The summed E-state index contributed by atoms with van der Waals surface area (Å²) in [6, 6.07) is 2.62. The molecule has 2 fully saturated rings. The van der Waals surface area contributed by atoms with E-state index in [9.17, 15) is 13.6 Å². The second-order valence-electron chi connectivity index (χ2n) is 6.94. The molecule has 1 saturated heterocycles. The summed E-state index contributed by atoms with van der Waals surface area (Å²) < 4.78 is 32.4. The van der Waals surface area contributed by atoms with E-state index in [0.717, 1.165) is 19.4 Å². The summed E-state index contributed by atoms with van der Waals surface area (Å²) in [5.41, 5.74) is 0.549. The second-order valence-corrected chi connectivity index (χ2v) is 6.94. The van der Waals surface area contributed by atoms with Crippen molar-refractivity contribution in [2.45, 2.75) is 31.8 Å². The molecule has 0 unspecified atom stereocenters. The number of carbonyl (C=O) groups excluding carboxylic acids is 1. The third-order valence-electron chi connectivity index (χ3n) is 5.02. The van der Waals surface area contributed by atoms with Gasteiger partial charge in [-0.1, -0.05) is 0 Å². The van der Waals surface area contributed by atoms with Gasteiger partial charge in [0.05, 0.1) is 13.7 Å². The lowest BCUT2D eigenvalue weighted by Crippen LogP contribution is -2.41. The fourth-order valence-corrected chi connectivity index (χ4v) is 3.73. The number of aliphatic hydroxyl groups is 1. The Morgan fingerprint density at radius 2 is 1.96 bits per heavy atom. The van der Waals surface area contributed by atoms with Gasteiger partial charge in [-0.05, 0) is 42.4 Å². The summed E-state index contributed by atoms with van der Waals surface area (Å²) in [6.07, 6.45) is 2.43. The number of likely N-dealkylation sites (tertiary alicyclic amines) is 1. The Morgan fingerprint density at radius 3 is 2.50 bits per heavy atom. The molecule has 0 spiro atoms. The van der Waals surface area contributed by atoms with Gasteiger partial charge < -0.3 is 15.2 Å². The Kier molecular flexibility index (Phi) is 7.20. The first kappa shape index (κ1) is 20.9. The monoisotopic (exact) mass is 390 g/mol. The van der Waals surface area contributed by atoms with E-state index in [1.807, 2.05) is 0 Å². The van der Waals surface area contributed by atoms with Crippen molar-refractivity contribution in [2.75, 3.05) is 26.8 Å². The van der Waals surface area contributed by atoms with Crippen LogP contribution < -0.4 is 10.1 Å². The van der Waals surface area contributed by atoms with Crippen molar-refractivity contribution in [2.24, 2.45) is 11.8 Å². The number of amides is 1. The summed E-state index contributed by atoms with van der Waals surface area (Å²) in [5, 5.41) is 11.9. The van der Waals surface area contributed by atoms with Crippen molar-refractivity contribution in [3.8, 4) is 5.75 Å². The van der Waals surface area contributed by atoms with Gasteiger partial charge in [0.1, 0.15) is 0 Å². The highest BCUT2D eigenvalue weighted by atomic mass is 35.5. The van der Waals surface area contributed by atoms with Crippen LogP contribution in [0.15, 0.2) is 12.1 Å². The molecule has 1 aromatic carbocycles. The minimum absolute atomic E-state index is 0. The molecule has 3 rings (SSSR count). The molecule has 2 atom stereocenters. The number of hydrogen-bond acceptors (Lipinski definition) is 4. The van der Waals surface area contributed by atoms with Gasteiger partial charge in [0.25, 0.3) is 0 Å². The molecule has 0 bridgehead atoms. The molecular formula is C18H25ClF2N2O3. The molecular weight excluding hydrogens is 366 g/mol. The fraction of sp³-hybridized carbons (Fsp3) is 0.611. The maximum absolute atomic E-state index is 13.9. The Balaban J connectivity index is 0.00000243. The van der Waals surface area contributed by atoms with Crippen molar-refractivity contribution in [3.63, 3.8) is 0 Å². The minimum atomic E-state index is -0.705. The van der Waals surface area contributed by atoms with Crippen LogP contribution in [0.1, 0.15) is 24.8 Å². The highest BCUT2D eigenvalue weighted by Gasteiger charge is 2.42. The molecule has 0 aromatic heterocycles. The van der Waals surface area contributed by atoms with Crippen LogP contribution >= 0.6 is 12.4 Å². The molecule has 2 aliphatic rings. The quantitative estimate of drug-likeness (QED) is 0.748. The number of methoxy groups -OCH3 is 1. The van der Waals surface area contributed by atoms with Crippen LogP contribution in [0, 0.1) is 23.5 Å². The number of nitrogens with zero attached hydrogens (tertiary/aromatic N) is 1. The van der Waals surface area contributed by atoms with Gasteiger partial charge in [-0.25, -0.2) is 8.78 Å². The predicted molar refractivity (Wildman–Crippen MR) is 95.3 cm³/mol. The third-order valence-corrected chi connectivity index (χ3v) is 5.02. The predicted octanol–water partition coefficient (Wildman–Crippen LogP) is 2.10. The highest BCUT2D eigenvalue weighted by Crippen LogP contribution is 2.41. The van der Waals surface area contributed by atoms with E-state index in [4.69, 9.17) is 9.84 Å². The molecule has 8 heteroatoms. The second kappa shape index (κ2) is 8.97. The van der Waals surface area contributed by atoms with E-state index < -0.39 is 11.6 Å². The van der Waals surface area contributed by atoms with E-state index in [1.54, 1.807) is 0 Å². The van der Waals surface area contributed by atoms with E-state index in [1.165, 1.54) is 19.2 Å². The van der Waals surface area contributed by atoms with Crippen LogP contribution in [-0.4, -0.2) is 48.8 Å². The zero-order chi connectivity index (χ0) is 18.0. The Morgan fingerprint density at radius 1 is 1.31 bits per heavy atom. The lowest BCUT2D eigenvalue weighted by Gasteiger charge is -2.19. The molecule has 26 heavy (non-hydrogen) atoms. The number of hydrogen-bond donors (Lipinski definition) is 2. The van der Waals surface area contributed by atoms with Crippen LogP contribution in [0.2, 0.25) is 0 Å². The van der Waals surface area contributed by atoms with Crippen LogP contribution in [0.5, 0.6) is 5.75 Å². The van der Waals surface area contributed by atoms with Gasteiger partial charge in [-0.15, -0.1) is 12.4 Å². The lowest BCUT2D eigenvalue weighted by molar-refractivity contribution is -0.122. The summed E-state index contributed by atoms with van der Waals surface area (Å²) >= 11 is 0. The average molecular weight is 391 g/mol. The van der Waals surface area contributed by atoms with Crippen molar-refractivity contribution in [1.29, 1.82) is 0 Å². The molecule has 1 saturated carbocycles. The molecule has 1 aliphatic heterocycles. The van der Waals surface area contributed by atoms with Gasteiger partial charge >= 0.3 is 0 Å². The largest absolute Gasteiger partial charge is 0.491 e. The zero-order valence-electron chi connectivity index (χ0n) is 14.7. The summed E-state index contributed by atoms with van der Waals surface area (Å²) in [4.78, 5) is 13.9. The average Bonchev–Trinajstić information content (AvgIpc) is 3.30. The molecule has 5 nitrogen and oxygen atoms in total. The topological polar surface area (TPSA) is 61.8 Å². The van der Waals surface area contributed by atoms with Crippen LogP contribution in [-0.2, 0) is 11.3 Å². The first-order valence-electron chi connectivity index (χ1n) is 8.66. The van der Waals surface area contributed by atoms with Crippen LogP contribution in [0.25, 0.3) is 0 Å². The maximum atomic E-state index is 13.9. The lowest BCUT2D eigenvalue weighted by atomic mass is 9.98. The number of halogens is 3. The van der Waals surface area contributed by atoms with Crippen molar-refractivity contribution in [3.05, 3.63) is 29.3 Å². The molecule has 1 amide bonds. The van der Waals surface area contributed by atoms with Gasteiger partial charge in [0, 0.05) is 32.1 Å². The summed E-state index contributed by atoms with van der Waals surface area (Å²) in [6.45, 7) is 1.70. The van der Waals surface area contributed by atoms with Crippen molar-refractivity contribution in [1.82, 2.24) is 10.2 Å². The zero-order valence-corrected chi connectivity index (χ0v) is 15.5. The van der Waals surface area contributed by atoms with Gasteiger partial charge in [-0.2, -0.15) is 0 Å². The SMILES string of the molecule is COc1c(F)cc(CN2C[C@H](NC(=O)CCO)[C@@H](C3CC3)C2)cc1F.Cl.